The first-order valence-electron chi connectivity index (χ1n) is 11.5. The summed E-state index contributed by atoms with van der Waals surface area (Å²) in [6.07, 6.45) is -9.64. The molecule has 14 heteroatoms. The zero-order chi connectivity index (χ0) is 28.0. The number of ether oxygens (including phenoxy) is 2. The average Bonchev–Trinajstić information content (AvgIpc) is 3.17. The molecule has 7 nitrogen and oxygen atoms in total. The van der Waals surface area contributed by atoms with E-state index in [1.165, 1.54) is 0 Å². The highest BCUT2D eigenvalue weighted by molar-refractivity contribution is 6.32. The number of nitrogens with zero attached hydrogens (tertiary/aromatic N) is 2. The van der Waals surface area contributed by atoms with Crippen LogP contribution in [0.3, 0.4) is 0 Å². The van der Waals surface area contributed by atoms with Crippen LogP contribution in [-0.4, -0.2) is 72.7 Å². The van der Waals surface area contributed by atoms with E-state index in [0.717, 1.165) is 18.2 Å². The Bertz CT molecular complexity index is 937. The monoisotopic (exact) mass is 561 g/mol. The summed E-state index contributed by atoms with van der Waals surface area (Å²) in [5.41, 5.74) is -0.495. The van der Waals surface area contributed by atoms with E-state index in [2.05, 4.69) is 15.0 Å². The van der Waals surface area contributed by atoms with Crippen LogP contribution in [0.2, 0.25) is 5.02 Å². The number of carbonyl (C=O) groups is 2. The van der Waals surface area contributed by atoms with Gasteiger partial charge in [0.1, 0.15) is 11.4 Å². The van der Waals surface area contributed by atoms with E-state index in [1.807, 2.05) is 0 Å². The number of benzene rings is 1. The van der Waals surface area contributed by atoms with Crippen molar-refractivity contribution in [3.63, 3.8) is 0 Å². The van der Waals surface area contributed by atoms with Crippen LogP contribution in [0, 0.1) is 5.92 Å². The minimum absolute atomic E-state index is 0.0243. The summed E-state index contributed by atoms with van der Waals surface area (Å²) in [6, 6.07) is 3.05. The summed E-state index contributed by atoms with van der Waals surface area (Å²) < 4.78 is 85.7. The second-order valence-corrected chi connectivity index (χ2v) is 10.1. The van der Waals surface area contributed by atoms with Gasteiger partial charge < -0.3 is 24.6 Å². The van der Waals surface area contributed by atoms with Crippen LogP contribution in [0.25, 0.3) is 0 Å². The number of hydrogen-bond acceptors (Lipinski definition) is 5. The molecule has 1 unspecified atom stereocenters. The fraction of sp³-hybridized carbons (Fsp3) is 0.652. The zero-order valence-electron chi connectivity index (χ0n) is 20.6. The van der Waals surface area contributed by atoms with Gasteiger partial charge in [-0.15, -0.1) is 13.2 Å². The number of alkyl carbamates (subject to hydrolysis) is 1. The summed E-state index contributed by atoms with van der Waals surface area (Å²) in [4.78, 5) is 26.4. The van der Waals surface area contributed by atoms with Gasteiger partial charge in [-0.25, -0.2) is 4.79 Å². The van der Waals surface area contributed by atoms with Crippen LogP contribution in [-0.2, 0) is 16.1 Å². The van der Waals surface area contributed by atoms with Gasteiger partial charge in [-0.05, 0) is 63.8 Å². The molecule has 210 valence electrons. The Hall–Kier alpha value is -2.41. The lowest BCUT2D eigenvalue weighted by atomic mass is 10.0. The highest BCUT2D eigenvalue weighted by Gasteiger charge is 2.42. The van der Waals surface area contributed by atoms with Crippen LogP contribution in [0.4, 0.5) is 31.1 Å². The molecule has 1 fully saturated rings. The molecule has 1 atom stereocenters. The Morgan fingerprint density at radius 2 is 1.84 bits per heavy atom. The summed E-state index contributed by atoms with van der Waals surface area (Å²) in [5.74, 6) is -2.72. The highest BCUT2D eigenvalue weighted by atomic mass is 35.5. The number of alkyl halides is 6. The summed E-state index contributed by atoms with van der Waals surface area (Å²) in [6.45, 7) is 6.69. The van der Waals surface area contributed by atoms with Gasteiger partial charge in [0.05, 0.1) is 5.02 Å². The third kappa shape index (κ3) is 11.2. The molecule has 1 aliphatic heterocycles. The smallest absolute Gasteiger partial charge is 0.444 e. The molecule has 1 N–H and O–H groups in total. The zero-order valence-corrected chi connectivity index (χ0v) is 21.4. The third-order valence-electron chi connectivity index (χ3n) is 5.40. The number of amides is 2. The predicted molar refractivity (Wildman–Crippen MR) is 123 cm³/mol. The van der Waals surface area contributed by atoms with Gasteiger partial charge in [0.2, 0.25) is 0 Å². The van der Waals surface area contributed by atoms with E-state index in [0.29, 0.717) is 43.9 Å². The molecule has 2 rings (SSSR count). The molecule has 1 aromatic rings. The highest BCUT2D eigenvalue weighted by Crippen LogP contribution is 2.32. The SMILES string of the molecule is CC(C)(C)OC(=O)NCCN1CCC(CCN(Cc2ccc(OC(F)(F)F)c(Cl)c2)C(=O)C(F)(F)F)C1. The van der Waals surface area contributed by atoms with E-state index >= 15 is 0 Å². The molecule has 1 aromatic carbocycles. The van der Waals surface area contributed by atoms with Crippen molar-refractivity contribution in [2.75, 3.05) is 32.7 Å². The minimum Gasteiger partial charge on any atom is -0.444 e. The van der Waals surface area contributed by atoms with Gasteiger partial charge in [-0.1, -0.05) is 17.7 Å². The van der Waals surface area contributed by atoms with Crippen molar-refractivity contribution in [3.8, 4) is 5.75 Å². The average molecular weight is 562 g/mol. The second kappa shape index (κ2) is 12.4. The van der Waals surface area contributed by atoms with Gasteiger partial charge in [-0.2, -0.15) is 13.2 Å². The fourth-order valence-electron chi connectivity index (χ4n) is 3.82. The second-order valence-electron chi connectivity index (χ2n) is 9.71. The Labute approximate surface area is 216 Å². The Kier molecular flexibility index (Phi) is 10.3. The molecule has 0 spiro atoms. The van der Waals surface area contributed by atoms with Gasteiger partial charge >= 0.3 is 24.5 Å². The fourth-order valence-corrected chi connectivity index (χ4v) is 4.06. The quantitative estimate of drug-likeness (QED) is 0.411. The summed E-state index contributed by atoms with van der Waals surface area (Å²) >= 11 is 5.79. The molecule has 0 radical (unpaired) electrons. The van der Waals surface area contributed by atoms with Crippen molar-refractivity contribution in [3.05, 3.63) is 28.8 Å². The summed E-state index contributed by atoms with van der Waals surface area (Å²) in [7, 11) is 0. The van der Waals surface area contributed by atoms with Crippen molar-refractivity contribution in [2.24, 2.45) is 5.92 Å². The van der Waals surface area contributed by atoms with Crippen molar-refractivity contribution < 1.29 is 45.4 Å². The van der Waals surface area contributed by atoms with E-state index in [-0.39, 0.29) is 18.0 Å². The van der Waals surface area contributed by atoms with Crippen LogP contribution in [0.1, 0.15) is 39.2 Å². The van der Waals surface area contributed by atoms with Crippen molar-refractivity contribution in [2.45, 2.75) is 58.3 Å². The number of likely N-dealkylation sites (tertiary alicyclic amines) is 1. The Morgan fingerprint density at radius 1 is 1.16 bits per heavy atom. The Balaban J connectivity index is 1.92. The first-order chi connectivity index (χ1) is 16.9. The first kappa shape index (κ1) is 30.8. The standard InChI is InChI=1S/C23H30ClF6N3O4/c1-21(2,3)37-20(35)31-8-11-32-9-6-15(13-32)7-10-33(19(34)22(25,26)27)14-16-4-5-18(17(24)12-16)36-23(28,29)30/h4-5,12,15H,6-11,13-14H2,1-3H3,(H,31,35). The topological polar surface area (TPSA) is 71.1 Å². The lowest BCUT2D eigenvalue weighted by Gasteiger charge is -2.25. The molecular formula is C23H30ClF6N3O4. The van der Waals surface area contributed by atoms with Crippen molar-refractivity contribution in [1.29, 1.82) is 0 Å². The van der Waals surface area contributed by atoms with E-state index in [4.69, 9.17) is 16.3 Å². The van der Waals surface area contributed by atoms with E-state index in [1.54, 1.807) is 20.8 Å². The van der Waals surface area contributed by atoms with E-state index < -0.39 is 47.5 Å². The molecule has 37 heavy (non-hydrogen) atoms. The maximum absolute atomic E-state index is 13.2. The molecule has 0 aromatic heterocycles. The maximum Gasteiger partial charge on any atom is 0.573 e. The summed E-state index contributed by atoms with van der Waals surface area (Å²) in [5, 5.41) is 2.20. The lowest BCUT2D eigenvalue weighted by Crippen LogP contribution is -2.41. The predicted octanol–water partition coefficient (Wildman–Crippen LogP) is 5.37. The largest absolute Gasteiger partial charge is 0.573 e. The molecule has 1 saturated heterocycles. The van der Waals surface area contributed by atoms with Crippen LogP contribution < -0.4 is 10.1 Å². The molecule has 2 amide bonds. The Morgan fingerprint density at radius 3 is 2.41 bits per heavy atom. The molecule has 1 aliphatic rings. The normalized spacial score (nSPS) is 17.0. The maximum atomic E-state index is 13.2. The number of hydrogen-bond donors (Lipinski definition) is 1. The van der Waals surface area contributed by atoms with Gasteiger partial charge in [-0.3, -0.25) is 4.79 Å². The minimum atomic E-state index is -5.11. The van der Waals surface area contributed by atoms with Crippen LogP contribution in [0.5, 0.6) is 5.75 Å². The number of rotatable bonds is 9. The molecule has 0 aliphatic carbocycles. The molecular weight excluding hydrogens is 532 g/mol. The number of nitrogens with one attached hydrogen (secondary N) is 1. The number of carbonyl (C=O) groups excluding carboxylic acids is 2. The molecule has 0 bridgehead atoms. The van der Waals surface area contributed by atoms with Crippen molar-refractivity contribution >= 4 is 23.6 Å². The van der Waals surface area contributed by atoms with Crippen LogP contribution in [0.15, 0.2) is 18.2 Å². The lowest BCUT2D eigenvalue weighted by molar-refractivity contribution is -0.274. The van der Waals surface area contributed by atoms with Gasteiger partial charge in [0.15, 0.2) is 0 Å². The third-order valence-corrected chi connectivity index (χ3v) is 5.69. The van der Waals surface area contributed by atoms with Crippen LogP contribution >= 0.6 is 11.6 Å². The molecule has 1 heterocycles. The number of halogens is 7. The van der Waals surface area contributed by atoms with Crippen molar-refractivity contribution in [1.82, 2.24) is 15.1 Å². The van der Waals surface area contributed by atoms with Gasteiger partial charge in [0, 0.05) is 32.7 Å². The van der Waals surface area contributed by atoms with Gasteiger partial charge in [0.25, 0.3) is 0 Å². The van der Waals surface area contributed by atoms with E-state index in [9.17, 15) is 35.9 Å². The molecule has 0 saturated carbocycles. The first-order valence-corrected chi connectivity index (χ1v) is 11.9.